The smallest absolute Gasteiger partial charge is 0.0500 e. The van der Waals surface area contributed by atoms with Crippen molar-refractivity contribution in [3.05, 3.63) is 34.3 Å². The second-order valence-corrected chi connectivity index (χ2v) is 4.84. The molecule has 1 unspecified atom stereocenters. The number of nitrogens with two attached hydrogens (primary N) is 1. The fourth-order valence-corrected chi connectivity index (χ4v) is 1.62. The normalized spacial score (nSPS) is 15.0. The predicted octanol–water partition coefficient (Wildman–Crippen LogP) is 2.15. The molecule has 0 amide bonds. The zero-order valence-corrected chi connectivity index (χ0v) is 10.0. The van der Waals surface area contributed by atoms with Crippen LogP contribution in [0.4, 0.5) is 0 Å². The summed E-state index contributed by atoms with van der Waals surface area (Å²) in [6.45, 7) is 4.54. The van der Waals surface area contributed by atoms with E-state index in [1.165, 1.54) is 5.56 Å². The molecule has 1 aromatic carbocycles. The third-order valence-corrected chi connectivity index (χ3v) is 3.15. The second kappa shape index (κ2) is 4.97. The van der Waals surface area contributed by atoms with Gasteiger partial charge in [0.15, 0.2) is 0 Å². The highest BCUT2D eigenvalue weighted by atomic mass is 35.5. The summed E-state index contributed by atoms with van der Waals surface area (Å²) in [7, 11) is 0. The summed E-state index contributed by atoms with van der Waals surface area (Å²) in [4.78, 5) is 0. The molecule has 0 radical (unpaired) electrons. The van der Waals surface area contributed by atoms with Crippen LogP contribution in [0.3, 0.4) is 0 Å². The number of halogens is 1. The summed E-state index contributed by atoms with van der Waals surface area (Å²) in [6.07, 6.45) is 0.776. The molecule has 0 aliphatic carbocycles. The van der Waals surface area contributed by atoms with Gasteiger partial charge in [-0.25, -0.2) is 0 Å². The summed E-state index contributed by atoms with van der Waals surface area (Å²) < 4.78 is 0. The lowest BCUT2D eigenvalue weighted by atomic mass is 9.84. The second-order valence-electron chi connectivity index (χ2n) is 4.43. The first-order valence-corrected chi connectivity index (χ1v) is 5.44. The summed E-state index contributed by atoms with van der Waals surface area (Å²) >= 11 is 5.95. The van der Waals surface area contributed by atoms with Crippen molar-refractivity contribution in [2.24, 2.45) is 11.1 Å². The molecule has 0 saturated carbocycles. The molecule has 0 aliphatic heterocycles. The highest BCUT2D eigenvalue weighted by Gasteiger charge is 2.21. The molecule has 1 aromatic rings. The van der Waals surface area contributed by atoms with Crippen LogP contribution in [0.15, 0.2) is 18.2 Å². The first kappa shape index (κ1) is 12.5. The average molecular weight is 228 g/mol. The highest BCUT2D eigenvalue weighted by molar-refractivity contribution is 6.31. The minimum absolute atomic E-state index is 0.102. The standard InChI is InChI=1S/C12H18ClNO/c1-9-5-10(3-4-11(9)13)6-12(2,7-14)8-15/h3-5,15H,6-8,14H2,1-2H3. The minimum Gasteiger partial charge on any atom is -0.396 e. The number of aryl methyl sites for hydroxylation is 1. The number of hydrogen-bond donors (Lipinski definition) is 2. The van der Waals surface area contributed by atoms with Crippen LogP contribution in [0.25, 0.3) is 0 Å². The van der Waals surface area contributed by atoms with Gasteiger partial charge in [0.25, 0.3) is 0 Å². The zero-order chi connectivity index (χ0) is 11.5. The molecule has 0 bridgehead atoms. The third-order valence-electron chi connectivity index (χ3n) is 2.73. The van der Waals surface area contributed by atoms with E-state index in [1.807, 2.05) is 32.0 Å². The number of aliphatic hydroxyl groups is 1. The van der Waals surface area contributed by atoms with Crippen LogP contribution in [0.2, 0.25) is 5.02 Å². The van der Waals surface area contributed by atoms with Crippen LogP contribution in [-0.2, 0) is 6.42 Å². The average Bonchev–Trinajstić information content (AvgIpc) is 2.23. The highest BCUT2D eigenvalue weighted by Crippen LogP contribution is 2.23. The Labute approximate surface area is 96.1 Å². The Morgan fingerprint density at radius 1 is 1.47 bits per heavy atom. The van der Waals surface area contributed by atoms with E-state index in [-0.39, 0.29) is 12.0 Å². The van der Waals surface area contributed by atoms with Gasteiger partial charge in [0.2, 0.25) is 0 Å². The third kappa shape index (κ3) is 3.20. The SMILES string of the molecule is Cc1cc(CC(C)(CN)CO)ccc1Cl. The van der Waals surface area contributed by atoms with Crippen molar-refractivity contribution in [2.75, 3.05) is 13.2 Å². The van der Waals surface area contributed by atoms with Crippen LogP contribution in [0.1, 0.15) is 18.1 Å². The molecule has 0 heterocycles. The van der Waals surface area contributed by atoms with Crippen LogP contribution in [0.5, 0.6) is 0 Å². The van der Waals surface area contributed by atoms with Crippen LogP contribution < -0.4 is 5.73 Å². The molecule has 3 heteroatoms. The molecule has 0 saturated heterocycles. The quantitative estimate of drug-likeness (QED) is 0.828. The number of hydrogen-bond acceptors (Lipinski definition) is 2. The van der Waals surface area contributed by atoms with Gasteiger partial charge in [0.1, 0.15) is 0 Å². The van der Waals surface area contributed by atoms with E-state index in [1.54, 1.807) is 0 Å². The summed E-state index contributed by atoms with van der Waals surface area (Å²) in [5.41, 5.74) is 7.64. The molecule has 1 rings (SSSR count). The molecule has 84 valence electrons. The van der Waals surface area contributed by atoms with E-state index in [2.05, 4.69) is 0 Å². The maximum atomic E-state index is 9.26. The molecule has 15 heavy (non-hydrogen) atoms. The monoisotopic (exact) mass is 227 g/mol. The van der Waals surface area contributed by atoms with Gasteiger partial charge in [-0.2, -0.15) is 0 Å². The molecule has 3 N–H and O–H groups in total. The Morgan fingerprint density at radius 2 is 2.13 bits per heavy atom. The lowest BCUT2D eigenvalue weighted by Crippen LogP contribution is -2.33. The summed E-state index contributed by atoms with van der Waals surface area (Å²) in [6, 6.07) is 5.92. The van der Waals surface area contributed by atoms with E-state index < -0.39 is 0 Å². The van der Waals surface area contributed by atoms with Gasteiger partial charge in [0.05, 0.1) is 0 Å². The molecular weight excluding hydrogens is 210 g/mol. The molecule has 2 nitrogen and oxygen atoms in total. The predicted molar refractivity (Wildman–Crippen MR) is 64.1 cm³/mol. The summed E-state index contributed by atoms with van der Waals surface area (Å²) in [5, 5.41) is 10.0. The molecule has 0 aliphatic rings. The molecule has 1 atom stereocenters. The van der Waals surface area contributed by atoms with E-state index in [0.717, 1.165) is 17.0 Å². The fourth-order valence-electron chi connectivity index (χ4n) is 1.50. The van der Waals surface area contributed by atoms with E-state index in [4.69, 9.17) is 17.3 Å². The number of benzene rings is 1. The molecular formula is C12H18ClNO. The molecule has 0 aromatic heterocycles. The van der Waals surface area contributed by atoms with Gasteiger partial charge in [-0.05, 0) is 30.5 Å². The van der Waals surface area contributed by atoms with Crippen molar-refractivity contribution in [3.63, 3.8) is 0 Å². The van der Waals surface area contributed by atoms with Crippen LogP contribution in [0, 0.1) is 12.3 Å². The number of rotatable bonds is 4. The van der Waals surface area contributed by atoms with Gasteiger partial charge >= 0.3 is 0 Å². The molecule has 0 spiro atoms. The number of aliphatic hydroxyl groups excluding tert-OH is 1. The van der Waals surface area contributed by atoms with E-state index >= 15 is 0 Å². The zero-order valence-electron chi connectivity index (χ0n) is 9.26. The Balaban J connectivity index is 2.85. The van der Waals surface area contributed by atoms with Crippen LogP contribution >= 0.6 is 11.6 Å². The van der Waals surface area contributed by atoms with Crippen molar-refractivity contribution < 1.29 is 5.11 Å². The van der Waals surface area contributed by atoms with E-state index in [0.29, 0.717) is 6.54 Å². The maximum Gasteiger partial charge on any atom is 0.0500 e. The van der Waals surface area contributed by atoms with Crippen molar-refractivity contribution in [2.45, 2.75) is 20.3 Å². The Morgan fingerprint density at radius 3 is 2.60 bits per heavy atom. The first-order valence-electron chi connectivity index (χ1n) is 5.07. The lowest BCUT2D eigenvalue weighted by Gasteiger charge is -2.25. The lowest BCUT2D eigenvalue weighted by molar-refractivity contribution is 0.149. The van der Waals surface area contributed by atoms with Gasteiger partial charge in [-0.1, -0.05) is 30.7 Å². The van der Waals surface area contributed by atoms with Crippen molar-refractivity contribution in [3.8, 4) is 0 Å². The fraction of sp³-hybridized carbons (Fsp3) is 0.500. The molecule has 0 fully saturated rings. The summed E-state index contributed by atoms with van der Waals surface area (Å²) in [5.74, 6) is 0. The topological polar surface area (TPSA) is 46.2 Å². The van der Waals surface area contributed by atoms with Gasteiger partial charge in [-0.3, -0.25) is 0 Å². The van der Waals surface area contributed by atoms with Gasteiger partial charge < -0.3 is 10.8 Å². The van der Waals surface area contributed by atoms with Crippen molar-refractivity contribution in [1.82, 2.24) is 0 Å². The Hall–Kier alpha value is -0.570. The van der Waals surface area contributed by atoms with E-state index in [9.17, 15) is 5.11 Å². The van der Waals surface area contributed by atoms with Gasteiger partial charge in [-0.15, -0.1) is 0 Å². The maximum absolute atomic E-state index is 9.26. The first-order chi connectivity index (χ1) is 7.00. The van der Waals surface area contributed by atoms with Crippen molar-refractivity contribution in [1.29, 1.82) is 0 Å². The van der Waals surface area contributed by atoms with Crippen molar-refractivity contribution >= 4 is 11.6 Å². The largest absolute Gasteiger partial charge is 0.396 e. The Kier molecular flexibility index (Phi) is 4.14. The van der Waals surface area contributed by atoms with Crippen LogP contribution in [-0.4, -0.2) is 18.3 Å². The Bertz CT molecular complexity index is 334. The van der Waals surface area contributed by atoms with Gasteiger partial charge in [0, 0.05) is 23.6 Å². The minimum atomic E-state index is -0.236.